The number of hydrazine groups is 1. The molecule has 146 valence electrons. The molecule has 8 heteroatoms. The number of benzene rings is 2. The number of imide groups is 1. The monoisotopic (exact) mass is 389 g/mol. The molecule has 0 bridgehead atoms. The van der Waals surface area contributed by atoms with Gasteiger partial charge in [-0.15, -0.1) is 0 Å². The van der Waals surface area contributed by atoms with Gasteiger partial charge in [0.1, 0.15) is 5.54 Å². The molecule has 1 aromatic heterocycles. The van der Waals surface area contributed by atoms with Crippen molar-refractivity contribution < 1.29 is 14.4 Å². The van der Waals surface area contributed by atoms with Gasteiger partial charge in [0.15, 0.2) is 0 Å². The summed E-state index contributed by atoms with van der Waals surface area (Å²) in [6.07, 6.45) is 2.96. The van der Waals surface area contributed by atoms with E-state index in [2.05, 4.69) is 15.8 Å². The second-order valence-corrected chi connectivity index (χ2v) is 6.91. The average Bonchev–Trinajstić information content (AvgIpc) is 3.28. The Morgan fingerprint density at radius 2 is 1.72 bits per heavy atom. The van der Waals surface area contributed by atoms with E-state index in [1.165, 1.54) is 6.20 Å². The van der Waals surface area contributed by atoms with Crippen LogP contribution in [0.5, 0.6) is 0 Å². The Bertz CT molecular complexity index is 1060. The van der Waals surface area contributed by atoms with Crippen molar-refractivity contribution >= 4 is 17.8 Å². The van der Waals surface area contributed by atoms with Crippen LogP contribution in [-0.2, 0) is 16.9 Å². The summed E-state index contributed by atoms with van der Waals surface area (Å²) >= 11 is 0. The van der Waals surface area contributed by atoms with E-state index < -0.39 is 23.4 Å². The Hall–Kier alpha value is -3.94. The first kappa shape index (κ1) is 18.4. The molecule has 29 heavy (non-hydrogen) atoms. The Morgan fingerprint density at radius 3 is 2.41 bits per heavy atom. The predicted octanol–water partition coefficient (Wildman–Crippen LogP) is 2.04. The zero-order valence-corrected chi connectivity index (χ0v) is 15.7. The van der Waals surface area contributed by atoms with E-state index >= 15 is 0 Å². The molecule has 0 spiro atoms. The number of aromatic nitrogens is 2. The van der Waals surface area contributed by atoms with Crippen LogP contribution in [0.2, 0.25) is 0 Å². The maximum absolute atomic E-state index is 12.9. The van der Waals surface area contributed by atoms with Crippen molar-refractivity contribution in [2.75, 3.05) is 0 Å². The molecule has 0 aliphatic carbocycles. The zero-order valence-electron chi connectivity index (χ0n) is 15.7. The molecule has 3 aromatic rings. The van der Waals surface area contributed by atoms with Gasteiger partial charge in [0.05, 0.1) is 18.3 Å². The van der Waals surface area contributed by atoms with Gasteiger partial charge in [-0.05, 0) is 18.1 Å². The van der Waals surface area contributed by atoms with E-state index in [1.54, 1.807) is 42.1 Å². The molecular formula is C21H19N5O3. The standard InChI is InChI=1S/C21H19N5O3/c1-21(17-10-6-3-7-11-17)19(28)26(20(29)23-21)24-18(27)16-12-22-25(14-16)13-15-8-4-2-5-9-15/h2-12,14H,13H2,1H3,(H,23,29)(H,24,27). The first-order chi connectivity index (χ1) is 14.0. The number of nitrogens with zero attached hydrogens (tertiary/aromatic N) is 3. The zero-order chi connectivity index (χ0) is 20.4. The maximum Gasteiger partial charge on any atom is 0.344 e. The first-order valence-electron chi connectivity index (χ1n) is 9.07. The van der Waals surface area contributed by atoms with Gasteiger partial charge in [-0.25, -0.2) is 4.79 Å². The molecule has 4 rings (SSSR count). The minimum absolute atomic E-state index is 0.245. The number of carbonyl (C=O) groups excluding carboxylic acids is 3. The number of amides is 4. The summed E-state index contributed by atoms with van der Waals surface area (Å²) in [7, 11) is 0. The molecule has 1 aliphatic rings. The fraction of sp³-hybridized carbons (Fsp3) is 0.143. The maximum atomic E-state index is 12.9. The Balaban J connectivity index is 1.47. The van der Waals surface area contributed by atoms with Gasteiger partial charge in [-0.2, -0.15) is 10.1 Å². The van der Waals surface area contributed by atoms with Gasteiger partial charge in [0.2, 0.25) is 0 Å². The summed E-state index contributed by atoms with van der Waals surface area (Å²) in [5.74, 6) is -1.15. The van der Waals surface area contributed by atoms with Crippen LogP contribution in [-0.4, -0.2) is 32.6 Å². The summed E-state index contributed by atoms with van der Waals surface area (Å²) in [5, 5.41) is 7.53. The van der Waals surface area contributed by atoms with Crippen LogP contribution in [0.3, 0.4) is 0 Å². The largest absolute Gasteiger partial charge is 0.344 e. The van der Waals surface area contributed by atoms with Crippen LogP contribution in [0.25, 0.3) is 0 Å². The van der Waals surface area contributed by atoms with E-state index in [4.69, 9.17) is 0 Å². The van der Waals surface area contributed by atoms with Crippen LogP contribution < -0.4 is 10.7 Å². The van der Waals surface area contributed by atoms with Gasteiger partial charge in [-0.3, -0.25) is 19.7 Å². The summed E-state index contributed by atoms with van der Waals surface area (Å²) < 4.78 is 1.62. The Kier molecular flexibility index (Phi) is 4.59. The summed E-state index contributed by atoms with van der Waals surface area (Å²) in [6.45, 7) is 2.11. The molecule has 0 saturated carbocycles. The smallest absolute Gasteiger partial charge is 0.318 e. The number of urea groups is 1. The quantitative estimate of drug-likeness (QED) is 0.653. The normalized spacial score (nSPS) is 18.6. The van der Waals surface area contributed by atoms with Crippen molar-refractivity contribution in [1.82, 2.24) is 25.5 Å². The third-order valence-corrected chi connectivity index (χ3v) is 4.84. The molecule has 2 heterocycles. The molecule has 1 aliphatic heterocycles. The lowest BCUT2D eigenvalue weighted by molar-refractivity contribution is -0.132. The average molecular weight is 389 g/mol. The highest BCUT2D eigenvalue weighted by molar-refractivity contribution is 6.09. The Morgan fingerprint density at radius 1 is 1.07 bits per heavy atom. The van der Waals surface area contributed by atoms with Crippen LogP contribution >= 0.6 is 0 Å². The number of nitrogens with one attached hydrogen (secondary N) is 2. The fourth-order valence-electron chi connectivity index (χ4n) is 3.21. The van der Waals surface area contributed by atoms with Gasteiger partial charge in [-0.1, -0.05) is 60.7 Å². The summed E-state index contributed by atoms with van der Waals surface area (Å²) in [4.78, 5) is 37.8. The number of hydrogen-bond acceptors (Lipinski definition) is 4. The van der Waals surface area contributed by atoms with Crippen molar-refractivity contribution in [3.05, 3.63) is 89.7 Å². The molecule has 1 atom stereocenters. The summed E-state index contributed by atoms with van der Waals surface area (Å²) in [6, 6.07) is 17.9. The first-order valence-corrected chi connectivity index (χ1v) is 9.07. The predicted molar refractivity (Wildman–Crippen MR) is 104 cm³/mol. The highest BCUT2D eigenvalue weighted by Crippen LogP contribution is 2.27. The lowest BCUT2D eigenvalue weighted by Crippen LogP contribution is -2.47. The third-order valence-electron chi connectivity index (χ3n) is 4.84. The lowest BCUT2D eigenvalue weighted by atomic mass is 9.92. The van der Waals surface area contributed by atoms with Gasteiger partial charge in [0.25, 0.3) is 11.8 Å². The molecule has 0 radical (unpaired) electrons. The highest BCUT2D eigenvalue weighted by atomic mass is 16.2. The molecular weight excluding hydrogens is 370 g/mol. The van der Waals surface area contributed by atoms with E-state index in [9.17, 15) is 14.4 Å². The number of rotatable bonds is 5. The van der Waals surface area contributed by atoms with Crippen molar-refractivity contribution in [1.29, 1.82) is 0 Å². The van der Waals surface area contributed by atoms with Crippen molar-refractivity contribution in [3.8, 4) is 0 Å². The van der Waals surface area contributed by atoms with Crippen molar-refractivity contribution in [2.45, 2.75) is 19.0 Å². The fourth-order valence-corrected chi connectivity index (χ4v) is 3.21. The second kappa shape index (κ2) is 7.23. The minimum Gasteiger partial charge on any atom is -0.318 e. The van der Waals surface area contributed by atoms with E-state index in [0.29, 0.717) is 17.1 Å². The van der Waals surface area contributed by atoms with Crippen molar-refractivity contribution in [2.24, 2.45) is 0 Å². The number of hydrogen-bond donors (Lipinski definition) is 2. The van der Waals surface area contributed by atoms with Gasteiger partial charge >= 0.3 is 6.03 Å². The van der Waals surface area contributed by atoms with Gasteiger partial charge in [0, 0.05) is 6.20 Å². The highest BCUT2D eigenvalue weighted by Gasteiger charge is 2.50. The van der Waals surface area contributed by atoms with E-state index in [1.807, 2.05) is 36.4 Å². The molecule has 1 fully saturated rings. The minimum atomic E-state index is -1.25. The Labute approximate surface area is 167 Å². The molecule has 4 amide bonds. The van der Waals surface area contributed by atoms with Crippen LogP contribution in [0.4, 0.5) is 4.79 Å². The molecule has 2 N–H and O–H groups in total. The second-order valence-electron chi connectivity index (χ2n) is 6.91. The van der Waals surface area contributed by atoms with Crippen LogP contribution in [0.15, 0.2) is 73.1 Å². The summed E-state index contributed by atoms with van der Waals surface area (Å²) in [5.41, 5.74) is 3.04. The van der Waals surface area contributed by atoms with Crippen LogP contribution in [0, 0.1) is 0 Å². The molecule has 8 nitrogen and oxygen atoms in total. The van der Waals surface area contributed by atoms with Crippen LogP contribution in [0.1, 0.15) is 28.4 Å². The third kappa shape index (κ3) is 3.47. The van der Waals surface area contributed by atoms with E-state index in [0.717, 1.165) is 5.56 Å². The molecule has 1 unspecified atom stereocenters. The van der Waals surface area contributed by atoms with Crippen molar-refractivity contribution in [3.63, 3.8) is 0 Å². The topological polar surface area (TPSA) is 96.3 Å². The van der Waals surface area contributed by atoms with Gasteiger partial charge < -0.3 is 5.32 Å². The lowest BCUT2D eigenvalue weighted by Gasteiger charge is -2.21. The van der Waals surface area contributed by atoms with E-state index in [-0.39, 0.29) is 5.56 Å². The number of carbonyl (C=O) groups is 3. The SMILES string of the molecule is CC1(c2ccccc2)NC(=O)N(NC(=O)c2cnn(Cc3ccccc3)c2)C1=O. The molecule has 2 aromatic carbocycles. The molecule has 1 saturated heterocycles.